The fourth-order valence-electron chi connectivity index (χ4n) is 2.92. The van der Waals surface area contributed by atoms with Gasteiger partial charge in [-0.25, -0.2) is 0 Å². The van der Waals surface area contributed by atoms with E-state index in [9.17, 15) is 9.59 Å². The van der Waals surface area contributed by atoms with E-state index < -0.39 is 5.91 Å². The molecule has 6 heteroatoms. The van der Waals surface area contributed by atoms with Gasteiger partial charge in [0.2, 0.25) is 11.8 Å². The molecule has 1 heterocycles. The van der Waals surface area contributed by atoms with E-state index in [-0.39, 0.29) is 5.91 Å². The number of hydrogen-bond acceptors (Lipinski definition) is 4. The lowest BCUT2D eigenvalue weighted by molar-refractivity contribution is -0.116. The van der Waals surface area contributed by atoms with Crippen molar-refractivity contribution in [3.05, 3.63) is 29.8 Å². The molecule has 2 rings (SSSR count). The molecule has 0 radical (unpaired) electrons. The number of nitrogens with one attached hydrogen (secondary N) is 1. The van der Waals surface area contributed by atoms with E-state index in [4.69, 9.17) is 10.5 Å². The molecule has 138 valence electrons. The Labute approximate surface area is 149 Å². The number of anilines is 1. The Bertz CT molecular complexity index is 539. The number of carbonyl (C=O) groups excluding carboxylic acids is 2. The van der Waals surface area contributed by atoms with Gasteiger partial charge in [0.1, 0.15) is 0 Å². The molecule has 0 spiro atoms. The van der Waals surface area contributed by atoms with Crippen molar-refractivity contribution in [1.82, 2.24) is 4.90 Å². The first-order chi connectivity index (χ1) is 12.1. The van der Waals surface area contributed by atoms with Gasteiger partial charge in [-0.15, -0.1) is 0 Å². The third-order valence-electron chi connectivity index (χ3n) is 4.44. The molecule has 0 saturated carbocycles. The van der Waals surface area contributed by atoms with Crippen LogP contribution >= 0.6 is 0 Å². The van der Waals surface area contributed by atoms with Gasteiger partial charge in [0.25, 0.3) is 0 Å². The van der Waals surface area contributed by atoms with Crippen LogP contribution in [0.5, 0.6) is 0 Å². The van der Waals surface area contributed by atoms with Crippen LogP contribution in [-0.4, -0.2) is 49.6 Å². The zero-order valence-corrected chi connectivity index (χ0v) is 14.8. The third-order valence-corrected chi connectivity index (χ3v) is 4.44. The van der Waals surface area contributed by atoms with Crippen molar-refractivity contribution >= 4 is 17.5 Å². The highest BCUT2D eigenvalue weighted by atomic mass is 16.5. The van der Waals surface area contributed by atoms with Crippen molar-refractivity contribution in [3.8, 4) is 0 Å². The number of amides is 2. The smallest absolute Gasteiger partial charge is 0.248 e. The van der Waals surface area contributed by atoms with Crippen molar-refractivity contribution in [2.24, 2.45) is 5.73 Å². The quantitative estimate of drug-likeness (QED) is 0.637. The highest BCUT2D eigenvalue weighted by molar-refractivity contribution is 5.94. The molecule has 0 bridgehead atoms. The SMILES string of the molecule is NC(=O)c1ccc(NC(=O)CCCCCCCN2CCOCC2)cc1. The minimum Gasteiger partial charge on any atom is -0.379 e. The zero-order chi connectivity index (χ0) is 17.9. The number of ether oxygens (including phenoxy) is 1. The Morgan fingerprint density at radius 3 is 2.32 bits per heavy atom. The Morgan fingerprint density at radius 1 is 1.00 bits per heavy atom. The molecule has 0 aliphatic carbocycles. The van der Waals surface area contributed by atoms with E-state index in [0.29, 0.717) is 17.7 Å². The second-order valence-electron chi connectivity index (χ2n) is 6.46. The normalized spacial score (nSPS) is 15.0. The summed E-state index contributed by atoms with van der Waals surface area (Å²) >= 11 is 0. The predicted molar refractivity (Wildman–Crippen MR) is 98.6 cm³/mol. The zero-order valence-electron chi connectivity index (χ0n) is 14.8. The first kappa shape index (κ1) is 19.4. The standard InChI is InChI=1S/C19H29N3O3/c20-19(24)16-7-9-17(10-8-16)21-18(23)6-4-2-1-3-5-11-22-12-14-25-15-13-22/h7-10H,1-6,11-15H2,(H2,20,24)(H,21,23). The topological polar surface area (TPSA) is 84.7 Å². The van der Waals surface area contributed by atoms with E-state index in [1.807, 2.05) is 0 Å². The average Bonchev–Trinajstić information content (AvgIpc) is 2.62. The summed E-state index contributed by atoms with van der Waals surface area (Å²) in [5, 5.41) is 2.84. The molecule has 25 heavy (non-hydrogen) atoms. The first-order valence-corrected chi connectivity index (χ1v) is 9.15. The molecule has 3 N–H and O–H groups in total. The number of nitrogens with zero attached hydrogens (tertiary/aromatic N) is 1. The fraction of sp³-hybridized carbons (Fsp3) is 0.579. The number of primary amides is 1. The number of carbonyl (C=O) groups is 2. The maximum Gasteiger partial charge on any atom is 0.248 e. The van der Waals surface area contributed by atoms with Crippen LogP contribution < -0.4 is 11.1 Å². The molecule has 1 aromatic carbocycles. The molecule has 1 aromatic rings. The molecule has 1 saturated heterocycles. The van der Waals surface area contributed by atoms with E-state index >= 15 is 0 Å². The van der Waals surface area contributed by atoms with Gasteiger partial charge in [0.05, 0.1) is 13.2 Å². The van der Waals surface area contributed by atoms with Crippen LogP contribution in [0.15, 0.2) is 24.3 Å². The summed E-state index contributed by atoms with van der Waals surface area (Å²) in [6.07, 6.45) is 6.12. The Morgan fingerprint density at radius 2 is 1.64 bits per heavy atom. The predicted octanol–water partition coefficient (Wildman–Crippen LogP) is 2.40. The molecule has 1 aliphatic rings. The van der Waals surface area contributed by atoms with Crippen LogP contribution in [0.4, 0.5) is 5.69 Å². The van der Waals surface area contributed by atoms with Gasteiger partial charge in [-0.3, -0.25) is 14.5 Å². The summed E-state index contributed by atoms with van der Waals surface area (Å²) in [7, 11) is 0. The highest BCUT2D eigenvalue weighted by Gasteiger charge is 2.09. The van der Waals surface area contributed by atoms with E-state index in [1.165, 1.54) is 19.3 Å². The number of nitrogens with two attached hydrogens (primary N) is 1. The molecule has 0 aromatic heterocycles. The molecular weight excluding hydrogens is 318 g/mol. The summed E-state index contributed by atoms with van der Waals surface area (Å²) < 4.78 is 5.34. The van der Waals surface area contributed by atoms with Crippen LogP contribution in [0.2, 0.25) is 0 Å². The molecule has 0 atom stereocenters. The number of morpholine rings is 1. The van der Waals surface area contributed by atoms with E-state index in [2.05, 4.69) is 10.2 Å². The van der Waals surface area contributed by atoms with Gasteiger partial charge in [0, 0.05) is 30.8 Å². The summed E-state index contributed by atoms with van der Waals surface area (Å²) in [5.74, 6) is -0.452. The van der Waals surface area contributed by atoms with Crippen LogP contribution in [0.1, 0.15) is 48.9 Å². The molecule has 0 unspecified atom stereocenters. The average molecular weight is 347 g/mol. The lowest BCUT2D eigenvalue weighted by Crippen LogP contribution is -2.36. The first-order valence-electron chi connectivity index (χ1n) is 9.15. The molecule has 2 amide bonds. The van der Waals surface area contributed by atoms with Crippen molar-refractivity contribution in [2.75, 3.05) is 38.2 Å². The van der Waals surface area contributed by atoms with Crippen LogP contribution in [0, 0.1) is 0 Å². The number of rotatable bonds is 10. The summed E-state index contributed by atoms with van der Waals surface area (Å²) in [6, 6.07) is 6.63. The maximum absolute atomic E-state index is 11.9. The highest BCUT2D eigenvalue weighted by Crippen LogP contribution is 2.11. The Hall–Kier alpha value is -1.92. The third kappa shape index (κ3) is 7.67. The summed E-state index contributed by atoms with van der Waals surface area (Å²) in [5.41, 5.74) is 6.32. The van der Waals surface area contributed by atoms with Gasteiger partial charge >= 0.3 is 0 Å². The van der Waals surface area contributed by atoms with Gasteiger partial charge in [-0.2, -0.15) is 0 Å². The van der Waals surface area contributed by atoms with Crippen LogP contribution in [0.3, 0.4) is 0 Å². The molecule has 1 fully saturated rings. The summed E-state index contributed by atoms with van der Waals surface area (Å²) in [6.45, 7) is 4.99. The molecular formula is C19H29N3O3. The molecule has 1 aliphatic heterocycles. The van der Waals surface area contributed by atoms with E-state index in [1.54, 1.807) is 24.3 Å². The minimum absolute atomic E-state index is 0.0140. The van der Waals surface area contributed by atoms with Crippen molar-refractivity contribution in [2.45, 2.75) is 38.5 Å². The van der Waals surface area contributed by atoms with E-state index in [0.717, 1.165) is 45.7 Å². The number of benzene rings is 1. The van der Waals surface area contributed by atoms with Crippen molar-refractivity contribution in [3.63, 3.8) is 0 Å². The Kier molecular flexibility index (Phi) is 8.42. The largest absolute Gasteiger partial charge is 0.379 e. The van der Waals surface area contributed by atoms with Crippen molar-refractivity contribution < 1.29 is 14.3 Å². The van der Waals surface area contributed by atoms with Gasteiger partial charge in [-0.1, -0.05) is 19.3 Å². The maximum atomic E-state index is 11.9. The van der Waals surface area contributed by atoms with Gasteiger partial charge in [0.15, 0.2) is 0 Å². The van der Waals surface area contributed by atoms with Crippen LogP contribution in [0.25, 0.3) is 0 Å². The lowest BCUT2D eigenvalue weighted by Gasteiger charge is -2.26. The van der Waals surface area contributed by atoms with Gasteiger partial charge < -0.3 is 15.8 Å². The number of hydrogen-bond donors (Lipinski definition) is 2. The minimum atomic E-state index is -0.466. The number of unbranched alkanes of at least 4 members (excludes halogenated alkanes) is 4. The fourth-order valence-corrected chi connectivity index (χ4v) is 2.92. The Balaban J connectivity index is 1.49. The van der Waals surface area contributed by atoms with Crippen LogP contribution in [-0.2, 0) is 9.53 Å². The monoisotopic (exact) mass is 347 g/mol. The molecule has 6 nitrogen and oxygen atoms in total. The second-order valence-corrected chi connectivity index (χ2v) is 6.46. The lowest BCUT2D eigenvalue weighted by atomic mass is 10.1. The van der Waals surface area contributed by atoms with Gasteiger partial charge in [-0.05, 0) is 43.7 Å². The second kappa shape index (κ2) is 10.8. The van der Waals surface area contributed by atoms with Crippen molar-refractivity contribution in [1.29, 1.82) is 0 Å². The summed E-state index contributed by atoms with van der Waals surface area (Å²) in [4.78, 5) is 25.4.